The molecule has 0 saturated carbocycles. The van der Waals surface area contributed by atoms with Crippen molar-refractivity contribution in [3.05, 3.63) is 23.8 Å². The van der Waals surface area contributed by atoms with E-state index in [1.54, 1.807) is 0 Å². The van der Waals surface area contributed by atoms with Crippen LogP contribution in [0.15, 0.2) is 18.2 Å². The number of hydrogen-bond acceptors (Lipinski definition) is 3. The van der Waals surface area contributed by atoms with Crippen molar-refractivity contribution in [1.82, 2.24) is 4.90 Å². The minimum atomic E-state index is 0.0302. The molecule has 126 valence electrons. The van der Waals surface area contributed by atoms with Gasteiger partial charge in [-0.15, -0.1) is 0 Å². The number of likely N-dealkylation sites (tertiary alicyclic amines) is 1. The average molecular weight is 316 g/mol. The van der Waals surface area contributed by atoms with E-state index in [0.29, 0.717) is 0 Å². The number of benzene rings is 1. The van der Waals surface area contributed by atoms with Gasteiger partial charge in [-0.1, -0.05) is 19.8 Å². The van der Waals surface area contributed by atoms with Gasteiger partial charge in [-0.25, -0.2) is 0 Å². The molecule has 2 aliphatic rings. The van der Waals surface area contributed by atoms with Crippen LogP contribution in [0.25, 0.3) is 0 Å². The molecule has 4 heteroatoms. The van der Waals surface area contributed by atoms with Crippen LogP contribution in [0.3, 0.4) is 0 Å². The highest BCUT2D eigenvalue weighted by atomic mass is 16.5. The predicted octanol–water partition coefficient (Wildman–Crippen LogP) is 3.60. The number of piperidine rings is 1. The van der Waals surface area contributed by atoms with Gasteiger partial charge in [0.25, 0.3) is 0 Å². The molecule has 1 saturated heterocycles. The number of amides is 1. The lowest BCUT2D eigenvalue weighted by molar-refractivity contribution is -0.122. The van der Waals surface area contributed by atoms with Crippen molar-refractivity contribution in [2.24, 2.45) is 0 Å². The van der Waals surface area contributed by atoms with Crippen molar-refractivity contribution in [3.63, 3.8) is 0 Å². The molecule has 1 unspecified atom stereocenters. The van der Waals surface area contributed by atoms with Gasteiger partial charge in [-0.3, -0.25) is 9.69 Å². The third-order valence-electron chi connectivity index (χ3n) is 4.89. The Labute approximate surface area is 139 Å². The first-order valence-corrected chi connectivity index (χ1v) is 9.08. The molecule has 0 radical (unpaired) electrons. The highest BCUT2D eigenvalue weighted by molar-refractivity contribution is 5.95. The number of unbranched alkanes of at least 4 members (excludes halogenated alkanes) is 1. The van der Waals surface area contributed by atoms with Crippen molar-refractivity contribution in [2.45, 2.75) is 57.9 Å². The third-order valence-corrected chi connectivity index (χ3v) is 4.89. The predicted molar refractivity (Wildman–Crippen MR) is 93.0 cm³/mol. The van der Waals surface area contributed by atoms with E-state index in [1.165, 1.54) is 24.8 Å². The zero-order valence-electron chi connectivity index (χ0n) is 14.1. The van der Waals surface area contributed by atoms with Crippen LogP contribution in [-0.2, 0) is 11.2 Å². The number of carbonyl (C=O) groups excluding carboxylic acids is 1. The Balaban J connectivity index is 1.65. The van der Waals surface area contributed by atoms with E-state index in [-0.39, 0.29) is 11.9 Å². The zero-order chi connectivity index (χ0) is 16.1. The number of hydrogen-bond donors (Lipinski definition) is 1. The number of carbonyl (C=O) groups is 1. The number of aryl methyl sites for hydroxylation is 1. The second kappa shape index (κ2) is 7.82. The maximum absolute atomic E-state index is 12.7. The summed E-state index contributed by atoms with van der Waals surface area (Å²) in [7, 11) is 0. The lowest BCUT2D eigenvalue weighted by atomic mass is 10.0. The van der Waals surface area contributed by atoms with Crippen molar-refractivity contribution >= 4 is 11.6 Å². The summed E-state index contributed by atoms with van der Waals surface area (Å²) in [4.78, 5) is 15.1. The van der Waals surface area contributed by atoms with Crippen LogP contribution < -0.4 is 10.1 Å². The Morgan fingerprint density at radius 1 is 1.35 bits per heavy atom. The summed E-state index contributed by atoms with van der Waals surface area (Å²) in [5.41, 5.74) is 2.11. The topological polar surface area (TPSA) is 41.6 Å². The summed E-state index contributed by atoms with van der Waals surface area (Å²) < 4.78 is 5.64. The van der Waals surface area contributed by atoms with Gasteiger partial charge in [-0.05, 0) is 69.0 Å². The van der Waals surface area contributed by atoms with Gasteiger partial charge in [0.15, 0.2) is 0 Å². The van der Waals surface area contributed by atoms with Crippen LogP contribution in [0.5, 0.6) is 5.75 Å². The molecular weight excluding hydrogens is 288 g/mol. The van der Waals surface area contributed by atoms with E-state index in [2.05, 4.69) is 23.2 Å². The van der Waals surface area contributed by atoms with Crippen LogP contribution in [-0.4, -0.2) is 36.5 Å². The molecule has 0 bridgehead atoms. The standard InChI is InChI=1S/C19H28N2O2/c1-2-3-11-21-12-5-4-8-17(21)19(22)20-16-9-10-18-15(14-16)7-6-13-23-18/h9-10,14,17H,2-8,11-13H2,1H3,(H,20,22). The highest BCUT2D eigenvalue weighted by Gasteiger charge is 2.28. The fraction of sp³-hybridized carbons (Fsp3) is 0.632. The molecular formula is C19H28N2O2. The Kier molecular flexibility index (Phi) is 5.55. The molecule has 1 N–H and O–H groups in total. The summed E-state index contributed by atoms with van der Waals surface area (Å²) in [6, 6.07) is 6.05. The maximum Gasteiger partial charge on any atom is 0.241 e. The Bertz CT molecular complexity index is 544. The Morgan fingerprint density at radius 2 is 2.26 bits per heavy atom. The van der Waals surface area contributed by atoms with Gasteiger partial charge in [0.2, 0.25) is 5.91 Å². The molecule has 1 amide bonds. The minimum absolute atomic E-state index is 0.0302. The number of nitrogens with zero attached hydrogens (tertiary/aromatic N) is 1. The van der Waals surface area contributed by atoms with Gasteiger partial charge in [-0.2, -0.15) is 0 Å². The Hall–Kier alpha value is -1.55. The summed E-state index contributed by atoms with van der Waals surface area (Å²) in [5, 5.41) is 3.13. The molecule has 0 spiro atoms. The van der Waals surface area contributed by atoms with Crippen molar-refractivity contribution in [2.75, 3.05) is 25.0 Å². The van der Waals surface area contributed by atoms with Crippen LogP contribution in [0.1, 0.15) is 51.0 Å². The Morgan fingerprint density at radius 3 is 3.13 bits per heavy atom. The molecule has 0 aliphatic carbocycles. The SMILES string of the molecule is CCCCN1CCCCC1C(=O)Nc1ccc2c(c1)CCCO2. The second-order valence-corrected chi connectivity index (χ2v) is 6.66. The third kappa shape index (κ3) is 4.05. The first-order valence-electron chi connectivity index (χ1n) is 9.08. The summed E-state index contributed by atoms with van der Waals surface area (Å²) >= 11 is 0. The molecule has 23 heavy (non-hydrogen) atoms. The number of ether oxygens (including phenoxy) is 1. The number of fused-ring (bicyclic) bond motifs is 1. The minimum Gasteiger partial charge on any atom is -0.493 e. The maximum atomic E-state index is 12.7. The molecule has 1 atom stereocenters. The van der Waals surface area contributed by atoms with Gasteiger partial charge in [0.05, 0.1) is 12.6 Å². The van der Waals surface area contributed by atoms with Crippen LogP contribution in [0, 0.1) is 0 Å². The van der Waals surface area contributed by atoms with Crippen LogP contribution in [0.4, 0.5) is 5.69 Å². The van der Waals surface area contributed by atoms with E-state index in [0.717, 1.165) is 56.8 Å². The molecule has 1 aromatic carbocycles. The molecule has 1 aromatic rings. The molecule has 3 rings (SSSR count). The van der Waals surface area contributed by atoms with E-state index in [4.69, 9.17) is 4.74 Å². The molecule has 4 nitrogen and oxygen atoms in total. The van der Waals surface area contributed by atoms with Gasteiger partial charge >= 0.3 is 0 Å². The van der Waals surface area contributed by atoms with Crippen LogP contribution >= 0.6 is 0 Å². The zero-order valence-corrected chi connectivity index (χ0v) is 14.1. The van der Waals surface area contributed by atoms with E-state index in [1.807, 2.05) is 12.1 Å². The smallest absolute Gasteiger partial charge is 0.241 e. The summed E-state index contributed by atoms with van der Waals surface area (Å²) in [6.07, 6.45) is 7.77. The summed E-state index contributed by atoms with van der Waals surface area (Å²) in [6.45, 7) is 5.09. The van der Waals surface area contributed by atoms with Crippen LogP contribution in [0.2, 0.25) is 0 Å². The first-order chi connectivity index (χ1) is 11.3. The molecule has 1 fully saturated rings. The molecule has 2 heterocycles. The molecule has 0 aromatic heterocycles. The van der Waals surface area contributed by atoms with Gasteiger partial charge in [0, 0.05) is 5.69 Å². The van der Waals surface area contributed by atoms with Gasteiger partial charge in [0.1, 0.15) is 5.75 Å². The van der Waals surface area contributed by atoms with Gasteiger partial charge < -0.3 is 10.1 Å². The monoisotopic (exact) mass is 316 g/mol. The van der Waals surface area contributed by atoms with E-state index < -0.39 is 0 Å². The normalized spacial score (nSPS) is 21.3. The van der Waals surface area contributed by atoms with Crippen molar-refractivity contribution in [1.29, 1.82) is 0 Å². The fourth-order valence-corrected chi connectivity index (χ4v) is 3.58. The first kappa shape index (κ1) is 16.3. The quantitative estimate of drug-likeness (QED) is 0.902. The molecule has 2 aliphatic heterocycles. The highest BCUT2D eigenvalue weighted by Crippen LogP contribution is 2.28. The van der Waals surface area contributed by atoms with E-state index >= 15 is 0 Å². The lowest BCUT2D eigenvalue weighted by Crippen LogP contribution is -2.47. The number of rotatable bonds is 5. The largest absolute Gasteiger partial charge is 0.493 e. The average Bonchev–Trinajstić information content (AvgIpc) is 2.60. The fourth-order valence-electron chi connectivity index (χ4n) is 3.58. The van der Waals surface area contributed by atoms with E-state index in [9.17, 15) is 4.79 Å². The number of anilines is 1. The summed E-state index contributed by atoms with van der Waals surface area (Å²) in [5.74, 6) is 1.12. The second-order valence-electron chi connectivity index (χ2n) is 6.66. The lowest BCUT2D eigenvalue weighted by Gasteiger charge is -2.34. The number of nitrogens with one attached hydrogen (secondary N) is 1. The van der Waals surface area contributed by atoms with Crippen molar-refractivity contribution < 1.29 is 9.53 Å². The van der Waals surface area contributed by atoms with Crippen molar-refractivity contribution in [3.8, 4) is 5.75 Å².